The van der Waals surface area contributed by atoms with Crippen LogP contribution in [0.1, 0.15) is 13.3 Å². The summed E-state index contributed by atoms with van der Waals surface area (Å²) in [5.74, 6) is 0.284. The fraction of sp³-hybridized carbons (Fsp3) is 0.917. The summed E-state index contributed by atoms with van der Waals surface area (Å²) in [6, 6.07) is 0. The molecule has 0 aliphatic carbocycles. The van der Waals surface area contributed by atoms with Crippen molar-refractivity contribution in [1.29, 1.82) is 0 Å². The molecule has 0 aromatic carbocycles. The van der Waals surface area contributed by atoms with E-state index in [0.717, 1.165) is 19.6 Å². The van der Waals surface area contributed by atoms with E-state index in [1.54, 1.807) is 6.92 Å². The van der Waals surface area contributed by atoms with E-state index in [-0.39, 0.29) is 5.78 Å². The van der Waals surface area contributed by atoms with Gasteiger partial charge < -0.3 is 9.80 Å². The minimum Gasteiger partial charge on any atom is -0.305 e. The van der Waals surface area contributed by atoms with Crippen LogP contribution in [0, 0.1) is 0 Å². The van der Waals surface area contributed by atoms with Gasteiger partial charge in [0.2, 0.25) is 0 Å². The van der Waals surface area contributed by atoms with Crippen molar-refractivity contribution in [3.05, 3.63) is 0 Å². The number of likely N-dealkylation sites (N-methyl/N-ethyl adjacent to an activating group) is 2. The molecule has 1 heterocycles. The summed E-state index contributed by atoms with van der Waals surface area (Å²) in [7, 11) is 4.27. The molecular formula is C12H25N3O. The van der Waals surface area contributed by atoms with E-state index in [4.69, 9.17) is 0 Å². The Morgan fingerprint density at radius 3 is 2.38 bits per heavy atom. The Morgan fingerprint density at radius 1 is 1.19 bits per heavy atom. The zero-order valence-electron chi connectivity index (χ0n) is 10.9. The maximum atomic E-state index is 10.8. The van der Waals surface area contributed by atoms with Crippen LogP contribution in [0.15, 0.2) is 0 Å². The molecule has 1 saturated heterocycles. The molecule has 1 rings (SSSR count). The van der Waals surface area contributed by atoms with Gasteiger partial charge in [-0.1, -0.05) is 0 Å². The molecule has 1 aliphatic heterocycles. The summed E-state index contributed by atoms with van der Waals surface area (Å²) in [4.78, 5) is 18.0. The molecule has 0 N–H and O–H groups in total. The Balaban J connectivity index is 2.07. The summed E-state index contributed by atoms with van der Waals surface area (Å²) < 4.78 is 0. The molecule has 0 spiro atoms. The van der Waals surface area contributed by atoms with Crippen molar-refractivity contribution in [2.45, 2.75) is 13.3 Å². The van der Waals surface area contributed by atoms with Gasteiger partial charge in [0.25, 0.3) is 0 Å². The number of nitrogens with zero attached hydrogens (tertiary/aromatic N) is 3. The lowest BCUT2D eigenvalue weighted by Crippen LogP contribution is -2.46. The van der Waals surface area contributed by atoms with Gasteiger partial charge in [-0.2, -0.15) is 0 Å². The Kier molecular flexibility index (Phi) is 5.95. The van der Waals surface area contributed by atoms with E-state index >= 15 is 0 Å². The van der Waals surface area contributed by atoms with Gasteiger partial charge in [0.05, 0.1) is 0 Å². The molecule has 0 aromatic heterocycles. The fourth-order valence-corrected chi connectivity index (χ4v) is 1.84. The largest absolute Gasteiger partial charge is 0.305 e. The van der Waals surface area contributed by atoms with Crippen LogP contribution in [0.2, 0.25) is 0 Å². The maximum absolute atomic E-state index is 10.8. The highest BCUT2D eigenvalue weighted by atomic mass is 16.1. The zero-order valence-corrected chi connectivity index (χ0v) is 10.9. The molecule has 0 aromatic rings. The zero-order chi connectivity index (χ0) is 12.0. The van der Waals surface area contributed by atoms with E-state index in [1.165, 1.54) is 26.2 Å². The molecule has 0 saturated carbocycles. The maximum Gasteiger partial charge on any atom is 0.131 e. The second-order valence-electron chi connectivity index (χ2n) is 4.90. The van der Waals surface area contributed by atoms with Crippen LogP contribution in [0.25, 0.3) is 0 Å². The number of hydrogen-bond donors (Lipinski definition) is 0. The predicted octanol–water partition coefficient (Wildman–Crippen LogP) is 0.145. The lowest BCUT2D eigenvalue weighted by molar-refractivity contribution is -0.117. The Hall–Kier alpha value is -0.450. The Morgan fingerprint density at radius 2 is 1.81 bits per heavy atom. The van der Waals surface area contributed by atoms with Crippen LogP contribution >= 0.6 is 0 Å². The molecule has 0 bridgehead atoms. The second kappa shape index (κ2) is 6.99. The van der Waals surface area contributed by atoms with E-state index in [9.17, 15) is 4.79 Å². The highest BCUT2D eigenvalue weighted by Gasteiger charge is 2.13. The van der Waals surface area contributed by atoms with Crippen molar-refractivity contribution < 1.29 is 4.79 Å². The molecule has 16 heavy (non-hydrogen) atoms. The van der Waals surface area contributed by atoms with Crippen LogP contribution < -0.4 is 0 Å². The SMILES string of the molecule is CC(=O)CCN(C)CCN1CCN(C)CC1. The van der Waals surface area contributed by atoms with Crippen LogP contribution in [-0.4, -0.2) is 80.4 Å². The first-order valence-electron chi connectivity index (χ1n) is 6.17. The van der Waals surface area contributed by atoms with Crippen molar-refractivity contribution in [3.63, 3.8) is 0 Å². The van der Waals surface area contributed by atoms with Crippen molar-refractivity contribution in [3.8, 4) is 0 Å². The normalized spacial score (nSPS) is 19.2. The molecule has 1 fully saturated rings. The molecular weight excluding hydrogens is 202 g/mol. The second-order valence-corrected chi connectivity index (χ2v) is 4.90. The highest BCUT2D eigenvalue weighted by Crippen LogP contribution is 1.99. The summed E-state index contributed by atoms with van der Waals surface area (Å²) in [6.07, 6.45) is 0.680. The molecule has 4 nitrogen and oxygen atoms in total. The number of Topliss-reactive ketones (excluding diaryl/α,β-unsaturated/α-hetero) is 1. The molecule has 0 atom stereocenters. The number of rotatable bonds is 6. The first-order chi connectivity index (χ1) is 7.58. The van der Waals surface area contributed by atoms with Gasteiger partial charge in [-0.25, -0.2) is 0 Å². The quantitative estimate of drug-likeness (QED) is 0.645. The van der Waals surface area contributed by atoms with E-state index in [1.807, 2.05) is 0 Å². The number of carbonyl (C=O) groups is 1. The molecule has 0 radical (unpaired) electrons. The van der Waals surface area contributed by atoms with E-state index in [0.29, 0.717) is 6.42 Å². The predicted molar refractivity (Wildman–Crippen MR) is 66.7 cm³/mol. The molecule has 0 amide bonds. The van der Waals surface area contributed by atoms with Gasteiger partial charge in [0, 0.05) is 52.2 Å². The number of ketones is 1. The number of piperazine rings is 1. The smallest absolute Gasteiger partial charge is 0.131 e. The summed E-state index contributed by atoms with van der Waals surface area (Å²) in [5.41, 5.74) is 0. The van der Waals surface area contributed by atoms with E-state index < -0.39 is 0 Å². The van der Waals surface area contributed by atoms with Crippen molar-refractivity contribution in [2.24, 2.45) is 0 Å². The van der Waals surface area contributed by atoms with E-state index in [2.05, 4.69) is 28.8 Å². The minimum absolute atomic E-state index is 0.284. The van der Waals surface area contributed by atoms with Gasteiger partial charge in [0.15, 0.2) is 0 Å². The van der Waals surface area contributed by atoms with Gasteiger partial charge in [-0.15, -0.1) is 0 Å². The monoisotopic (exact) mass is 227 g/mol. The van der Waals surface area contributed by atoms with Crippen molar-refractivity contribution >= 4 is 5.78 Å². The third kappa shape index (κ3) is 5.58. The minimum atomic E-state index is 0.284. The Bertz CT molecular complexity index is 212. The summed E-state index contributed by atoms with van der Waals surface area (Å²) in [6.45, 7) is 9.46. The van der Waals surface area contributed by atoms with Crippen LogP contribution in [0.5, 0.6) is 0 Å². The van der Waals surface area contributed by atoms with Crippen LogP contribution in [0.3, 0.4) is 0 Å². The third-order valence-corrected chi connectivity index (χ3v) is 3.24. The molecule has 94 valence electrons. The average Bonchev–Trinajstić information content (AvgIpc) is 2.25. The lowest BCUT2D eigenvalue weighted by Gasteiger charge is -2.33. The van der Waals surface area contributed by atoms with Crippen LogP contribution in [0.4, 0.5) is 0 Å². The molecule has 4 heteroatoms. The van der Waals surface area contributed by atoms with Crippen molar-refractivity contribution in [1.82, 2.24) is 14.7 Å². The first-order valence-corrected chi connectivity index (χ1v) is 6.17. The number of carbonyl (C=O) groups excluding carboxylic acids is 1. The first kappa shape index (κ1) is 13.6. The van der Waals surface area contributed by atoms with Crippen LogP contribution in [-0.2, 0) is 4.79 Å². The fourth-order valence-electron chi connectivity index (χ4n) is 1.84. The average molecular weight is 227 g/mol. The molecule has 0 unspecified atom stereocenters. The number of hydrogen-bond acceptors (Lipinski definition) is 4. The summed E-state index contributed by atoms with van der Waals surface area (Å²) >= 11 is 0. The molecule has 1 aliphatic rings. The Labute approximate surface area is 99.2 Å². The van der Waals surface area contributed by atoms with Gasteiger partial charge in [-0.05, 0) is 21.0 Å². The highest BCUT2D eigenvalue weighted by molar-refractivity contribution is 5.75. The topological polar surface area (TPSA) is 26.8 Å². The summed E-state index contributed by atoms with van der Waals surface area (Å²) in [5, 5.41) is 0. The standard InChI is InChI=1S/C12H25N3O/c1-12(16)4-5-13(2)6-9-15-10-7-14(3)8-11-15/h4-11H2,1-3H3. The lowest BCUT2D eigenvalue weighted by atomic mass is 10.3. The third-order valence-electron chi connectivity index (χ3n) is 3.24. The van der Waals surface area contributed by atoms with Crippen molar-refractivity contribution in [2.75, 3.05) is 59.9 Å². The van der Waals surface area contributed by atoms with Gasteiger partial charge in [-0.3, -0.25) is 9.69 Å². The van der Waals surface area contributed by atoms with Gasteiger partial charge in [0.1, 0.15) is 5.78 Å². The van der Waals surface area contributed by atoms with Gasteiger partial charge >= 0.3 is 0 Å².